The predicted molar refractivity (Wildman–Crippen MR) is 190 cm³/mol. The number of ether oxygens (including phenoxy) is 4. The molecule has 0 saturated carbocycles. The van der Waals surface area contributed by atoms with Gasteiger partial charge in [-0.25, -0.2) is 10.2 Å². The number of nitrogens with zero attached hydrogens (tertiary/aromatic N) is 1. The van der Waals surface area contributed by atoms with Crippen LogP contribution in [0.1, 0.15) is 43.5 Å². The summed E-state index contributed by atoms with van der Waals surface area (Å²) in [4.78, 5) is 25.5. The maximum Gasteiger partial charge on any atom is 0.338 e. The van der Waals surface area contributed by atoms with Gasteiger partial charge in [-0.2, -0.15) is 5.10 Å². The van der Waals surface area contributed by atoms with Crippen LogP contribution in [-0.2, 0) is 20.9 Å². The van der Waals surface area contributed by atoms with Crippen molar-refractivity contribution in [3.63, 3.8) is 0 Å². The number of fused-ring (bicyclic) bond motifs is 1. The molecule has 248 valence electrons. The number of thiocarbonyl (C=S) groups is 1. The Morgan fingerprint density at radius 3 is 2.50 bits per heavy atom. The largest absolute Gasteiger partial charge is 0.490 e. The Bertz CT molecular complexity index is 1900. The van der Waals surface area contributed by atoms with E-state index < -0.39 is 17.9 Å². The maximum absolute atomic E-state index is 12.8. The van der Waals surface area contributed by atoms with Crippen LogP contribution in [-0.4, -0.2) is 43.0 Å². The van der Waals surface area contributed by atoms with Crippen molar-refractivity contribution in [1.82, 2.24) is 16.1 Å². The van der Waals surface area contributed by atoms with Crippen molar-refractivity contribution in [3.8, 4) is 17.2 Å². The van der Waals surface area contributed by atoms with Crippen LogP contribution in [0.25, 0.3) is 10.8 Å². The first-order valence-corrected chi connectivity index (χ1v) is 16.1. The minimum Gasteiger partial charge on any atom is -0.490 e. The molecule has 10 nitrogen and oxygen atoms in total. The summed E-state index contributed by atoms with van der Waals surface area (Å²) >= 11 is 11.9. The van der Waals surface area contributed by atoms with E-state index in [0.29, 0.717) is 63.0 Å². The highest BCUT2D eigenvalue weighted by Crippen LogP contribution is 2.37. The van der Waals surface area contributed by atoms with Gasteiger partial charge in [-0.15, -0.1) is 0 Å². The molecule has 1 heterocycles. The lowest BCUT2D eigenvalue weighted by atomic mass is 9.95. The molecule has 1 aliphatic heterocycles. The van der Waals surface area contributed by atoms with E-state index >= 15 is 0 Å². The highest BCUT2D eigenvalue weighted by atomic mass is 35.5. The summed E-state index contributed by atoms with van der Waals surface area (Å²) < 4.78 is 23.0. The molecule has 0 aromatic heterocycles. The van der Waals surface area contributed by atoms with Crippen molar-refractivity contribution in [3.05, 3.63) is 112 Å². The van der Waals surface area contributed by atoms with E-state index in [-0.39, 0.29) is 13.2 Å². The molecule has 0 radical (unpaired) electrons. The number of carbonyl (C=O) groups excluding carboxylic acids is 2. The second kappa shape index (κ2) is 16.1. The topological polar surface area (TPSA) is 120 Å². The second-order valence-corrected chi connectivity index (χ2v) is 11.5. The zero-order valence-electron chi connectivity index (χ0n) is 26.7. The molecule has 3 N–H and O–H groups in total. The van der Waals surface area contributed by atoms with Crippen LogP contribution in [0.5, 0.6) is 17.2 Å². The Balaban J connectivity index is 1.22. The van der Waals surface area contributed by atoms with Crippen LogP contribution in [0.4, 0.5) is 0 Å². The number of hydrogen-bond acceptors (Lipinski definition) is 8. The lowest BCUT2D eigenvalue weighted by Crippen LogP contribution is -2.45. The van der Waals surface area contributed by atoms with Gasteiger partial charge in [-0.3, -0.25) is 4.79 Å². The Hall–Kier alpha value is -5.13. The van der Waals surface area contributed by atoms with Gasteiger partial charge < -0.3 is 29.6 Å². The molecule has 0 saturated heterocycles. The van der Waals surface area contributed by atoms with Crippen molar-refractivity contribution < 1.29 is 28.5 Å². The number of nitrogens with one attached hydrogen (secondary N) is 3. The van der Waals surface area contributed by atoms with E-state index in [1.165, 1.54) is 6.21 Å². The molecule has 0 unspecified atom stereocenters. The third kappa shape index (κ3) is 8.41. The van der Waals surface area contributed by atoms with Crippen LogP contribution in [0.2, 0.25) is 5.02 Å². The predicted octanol–water partition coefficient (Wildman–Crippen LogP) is 6.36. The molecule has 1 atom stereocenters. The number of benzene rings is 4. The lowest BCUT2D eigenvalue weighted by Gasteiger charge is -2.30. The van der Waals surface area contributed by atoms with Crippen LogP contribution < -0.4 is 30.3 Å². The van der Waals surface area contributed by atoms with Crippen molar-refractivity contribution in [2.45, 2.75) is 33.4 Å². The molecule has 1 aliphatic rings. The first kappa shape index (κ1) is 34.2. The van der Waals surface area contributed by atoms with E-state index in [9.17, 15) is 9.59 Å². The van der Waals surface area contributed by atoms with Gasteiger partial charge >= 0.3 is 5.97 Å². The van der Waals surface area contributed by atoms with Gasteiger partial charge in [0.1, 0.15) is 12.4 Å². The van der Waals surface area contributed by atoms with E-state index in [1.54, 1.807) is 50.2 Å². The fourth-order valence-corrected chi connectivity index (χ4v) is 5.71. The monoisotopic (exact) mass is 686 g/mol. The number of allylic oxidation sites excluding steroid dienone is 1. The van der Waals surface area contributed by atoms with Crippen molar-refractivity contribution >= 4 is 57.8 Å². The number of halogens is 1. The highest BCUT2D eigenvalue weighted by Gasteiger charge is 2.32. The van der Waals surface area contributed by atoms with Gasteiger partial charge in [-0.1, -0.05) is 66.2 Å². The maximum atomic E-state index is 12.8. The Kier molecular flexibility index (Phi) is 11.5. The van der Waals surface area contributed by atoms with Crippen LogP contribution in [0.3, 0.4) is 0 Å². The molecule has 12 heteroatoms. The molecule has 0 bridgehead atoms. The van der Waals surface area contributed by atoms with Gasteiger partial charge in [0, 0.05) is 11.3 Å². The molecule has 0 aliphatic carbocycles. The summed E-state index contributed by atoms with van der Waals surface area (Å²) in [6.07, 6.45) is 1.45. The van der Waals surface area contributed by atoms with E-state index in [0.717, 1.165) is 16.3 Å². The fourth-order valence-electron chi connectivity index (χ4n) is 5.16. The normalized spacial score (nSPS) is 14.3. The standard InChI is InChI=1S/C36H35ClN4O6S/c1-4-44-30-18-24(17-28(37)34(30)47-20-23-14-15-25-10-6-7-11-26(25)16-23)19-38-41-31(42)21-46-29-13-9-8-12-27(29)33-32(35(43)45-5-2)22(3)39-36(48)40-33/h6-19,33H,4-5,20-21H2,1-3H3,(H,41,42)(H2,39,40,48)/t33-/m1/s1. The third-order valence-electron chi connectivity index (χ3n) is 7.28. The van der Waals surface area contributed by atoms with Gasteiger partial charge in [-0.05, 0) is 79.2 Å². The third-order valence-corrected chi connectivity index (χ3v) is 7.79. The van der Waals surface area contributed by atoms with Crippen molar-refractivity contribution in [1.29, 1.82) is 0 Å². The number of hydrogen-bond donors (Lipinski definition) is 3. The molecule has 4 aromatic carbocycles. The first-order chi connectivity index (χ1) is 23.3. The van der Waals surface area contributed by atoms with Crippen LogP contribution in [0, 0.1) is 0 Å². The van der Waals surface area contributed by atoms with Crippen molar-refractivity contribution in [2.24, 2.45) is 5.10 Å². The lowest BCUT2D eigenvalue weighted by molar-refractivity contribution is -0.139. The Morgan fingerprint density at radius 2 is 1.71 bits per heavy atom. The number of para-hydroxylation sites is 1. The number of rotatable bonds is 13. The fraction of sp³-hybridized carbons (Fsp3) is 0.222. The first-order valence-electron chi connectivity index (χ1n) is 15.3. The zero-order chi connectivity index (χ0) is 34.0. The molecular weight excluding hydrogens is 652 g/mol. The quantitative estimate of drug-likeness (QED) is 0.0639. The minimum absolute atomic E-state index is 0.217. The molecule has 5 rings (SSSR count). The molecule has 0 spiro atoms. The molecule has 4 aromatic rings. The zero-order valence-corrected chi connectivity index (χ0v) is 28.2. The molecular formula is C36H35ClN4O6S. The van der Waals surface area contributed by atoms with Gasteiger partial charge in [0.25, 0.3) is 5.91 Å². The van der Waals surface area contributed by atoms with Gasteiger partial charge in [0.05, 0.1) is 36.1 Å². The van der Waals surface area contributed by atoms with Crippen LogP contribution >= 0.6 is 23.8 Å². The average Bonchev–Trinajstić information content (AvgIpc) is 3.07. The average molecular weight is 687 g/mol. The number of amides is 1. The number of esters is 1. The highest BCUT2D eigenvalue weighted by molar-refractivity contribution is 7.80. The SMILES string of the molecule is CCOC(=O)C1=C(C)NC(=S)N[C@@H]1c1ccccc1OCC(=O)NN=Cc1cc(Cl)c(OCc2ccc3ccccc3c2)c(OCC)c1. The van der Waals surface area contributed by atoms with Crippen molar-refractivity contribution in [2.75, 3.05) is 19.8 Å². The summed E-state index contributed by atoms with van der Waals surface area (Å²) in [6.45, 7) is 5.93. The summed E-state index contributed by atoms with van der Waals surface area (Å²) in [6, 6.07) is 24.1. The number of hydrazone groups is 1. The summed E-state index contributed by atoms with van der Waals surface area (Å²) in [5.74, 6) is 0.275. The molecule has 1 amide bonds. The molecule has 0 fully saturated rings. The van der Waals surface area contributed by atoms with E-state index in [2.05, 4.69) is 45.4 Å². The van der Waals surface area contributed by atoms with Gasteiger partial charge in [0.2, 0.25) is 0 Å². The molecule has 48 heavy (non-hydrogen) atoms. The second-order valence-electron chi connectivity index (χ2n) is 10.6. The smallest absolute Gasteiger partial charge is 0.338 e. The van der Waals surface area contributed by atoms with Crippen LogP contribution in [0.15, 0.2) is 95.2 Å². The van der Waals surface area contributed by atoms with Gasteiger partial charge in [0.15, 0.2) is 23.2 Å². The summed E-state index contributed by atoms with van der Waals surface area (Å²) in [5.41, 5.74) is 5.60. The number of carbonyl (C=O) groups is 2. The minimum atomic E-state index is -0.640. The summed E-state index contributed by atoms with van der Waals surface area (Å²) in [5, 5.41) is 13.1. The Morgan fingerprint density at radius 1 is 0.938 bits per heavy atom. The van der Waals surface area contributed by atoms with E-state index in [4.69, 9.17) is 42.8 Å². The Labute approximate surface area is 289 Å². The van der Waals surface area contributed by atoms with E-state index in [1.807, 2.05) is 25.1 Å². The summed E-state index contributed by atoms with van der Waals surface area (Å²) in [7, 11) is 0.